The quantitative estimate of drug-likeness (QED) is 0.385. The third kappa shape index (κ3) is 4.13. The Hall–Kier alpha value is -3.72. The molecule has 1 aliphatic heterocycles. The van der Waals surface area contributed by atoms with E-state index >= 15 is 0 Å². The summed E-state index contributed by atoms with van der Waals surface area (Å²) in [5.74, 6) is 1.23. The van der Waals surface area contributed by atoms with Gasteiger partial charge in [0, 0.05) is 36.1 Å². The zero-order valence-electron chi connectivity index (χ0n) is 16.7. The van der Waals surface area contributed by atoms with Gasteiger partial charge < -0.3 is 26.1 Å². The highest BCUT2D eigenvalue weighted by Gasteiger charge is 2.18. The number of anilines is 3. The molecule has 1 fully saturated rings. The van der Waals surface area contributed by atoms with Crippen LogP contribution in [0.4, 0.5) is 21.8 Å². The number of nitrogen functional groups attached to an aromatic ring is 1. The maximum absolute atomic E-state index is 14.8. The van der Waals surface area contributed by atoms with E-state index in [1.165, 1.54) is 6.07 Å². The highest BCUT2D eigenvalue weighted by Crippen LogP contribution is 2.32. The molecular formula is C22H22FN7O. The SMILES string of the molecule is Nc1nc(Nc2ccc(Oc3ccnc4[nH]ccc34)c(F)c2)cc(C2CCNCC2)n1. The summed E-state index contributed by atoms with van der Waals surface area (Å²) in [4.78, 5) is 15.9. The Morgan fingerprint density at radius 3 is 2.77 bits per heavy atom. The third-order valence-corrected chi connectivity index (χ3v) is 5.37. The summed E-state index contributed by atoms with van der Waals surface area (Å²) in [7, 11) is 0. The highest BCUT2D eigenvalue weighted by atomic mass is 19.1. The second-order valence-corrected chi connectivity index (χ2v) is 7.48. The van der Waals surface area contributed by atoms with Gasteiger partial charge in [0.2, 0.25) is 5.95 Å². The molecule has 31 heavy (non-hydrogen) atoms. The van der Waals surface area contributed by atoms with Crippen LogP contribution in [0.15, 0.2) is 48.8 Å². The Bertz CT molecular complexity index is 1220. The lowest BCUT2D eigenvalue weighted by Crippen LogP contribution is -2.27. The summed E-state index contributed by atoms with van der Waals surface area (Å²) < 4.78 is 20.6. The molecule has 0 amide bonds. The van der Waals surface area contributed by atoms with Crippen molar-refractivity contribution in [3.8, 4) is 11.5 Å². The number of hydrogen-bond acceptors (Lipinski definition) is 7. The maximum atomic E-state index is 14.8. The van der Waals surface area contributed by atoms with Crippen molar-refractivity contribution < 1.29 is 9.13 Å². The standard InChI is InChI=1S/C22H22FN7O/c23-16-11-14(1-2-19(16)31-18-6-10-27-21-15(18)5-9-26-21)28-20-12-17(29-22(24)30-20)13-3-7-25-8-4-13/h1-2,5-6,9-13,25H,3-4,7-8H2,(H,26,27)(H3,24,28,29,30). The number of pyridine rings is 1. The number of nitrogens with zero attached hydrogens (tertiary/aromatic N) is 3. The predicted octanol–water partition coefficient (Wildman–Crippen LogP) is 4.08. The van der Waals surface area contributed by atoms with Crippen LogP contribution in [0.3, 0.4) is 0 Å². The van der Waals surface area contributed by atoms with Crippen molar-refractivity contribution in [2.75, 3.05) is 24.1 Å². The molecule has 1 aliphatic rings. The van der Waals surface area contributed by atoms with Crippen molar-refractivity contribution in [3.63, 3.8) is 0 Å². The number of nitrogens with one attached hydrogen (secondary N) is 3. The van der Waals surface area contributed by atoms with Crippen LogP contribution in [0.5, 0.6) is 11.5 Å². The van der Waals surface area contributed by atoms with E-state index in [4.69, 9.17) is 10.5 Å². The zero-order chi connectivity index (χ0) is 21.2. The first-order valence-corrected chi connectivity index (χ1v) is 10.2. The minimum absolute atomic E-state index is 0.122. The second-order valence-electron chi connectivity index (χ2n) is 7.48. The Kier molecular flexibility index (Phi) is 5.09. The topological polar surface area (TPSA) is 114 Å². The summed E-state index contributed by atoms with van der Waals surface area (Å²) in [5.41, 5.74) is 8.05. The largest absolute Gasteiger partial charge is 0.453 e. The Labute approximate surface area is 178 Å². The van der Waals surface area contributed by atoms with Gasteiger partial charge >= 0.3 is 0 Å². The van der Waals surface area contributed by atoms with Crippen LogP contribution in [0.2, 0.25) is 0 Å². The molecule has 0 aliphatic carbocycles. The summed E-state index contributed by atoms with van der Waals surface area (Å²) in [6.07, 6.45) is 5.38. The molecule has 5 rings (SSSR count). The lowest BCUT2D eigenvalue weighted by Gasteiger charge is -2.22. The summed E-state index contributed by atoms with van der Waals surface area (Å²) in [6, 6.07) is 10.1. The van der Waals surface area contributed by atoms with Crippen LogP contribution in [0, 0.1) is 5.82 Å². The van der Waals surface area contributed by atoms with Crippen LogP contribution >= 0.6 is 0 Å². The molecule has 4 aromatic rings. The summed E-state index contributed by atoms with van der Waals surface area (Å²) in [5, 5.41) is 7.25. The molecule has 0 bridgehead atoms. The van der Waals surface area contributed by atoms with Crippen molar-refractivity contribution in [3.05, 3.63) is 60.3 Å². The maximum Gasteiger partial charge on any atom is 0.222 e. The average molecular weight is 419 g/mol. The molecule has 5 N–H and O–H groups in total. The fraction of sp³-hybridized carbons (Fsp3) is 0.227. The number of nitrogens with two attached hydrogens (primary N) is 1. The van der Waals surface area contributed by atoms with E-state index in [1.807, 2.05) is 12.1 Å². The lowest BCUT2D eigenvalue weighted by atomic mass is 9.94. The molecule has 9 heteroatoms. The molecule has 4 heterocycles. The molecule has 158 valence electrons. The Balaban J connectivity index is 1.36. The number of halogens is 1. The van der Waals surface area contributed by atoms with Crippen LogP contribution in [-0.2, 0) is 0 Å². The molecule has 3 aromatic heterocycles. The predicted molar refractivity (Wildman–Crippen MR) is 117 cm³/mol. The van der Waals surface area contributed by atoms with Gasteiger partial charge in [-0.05, 0) is 50.2 Å². The molecule has 0 atom stereocenters. The van der Waals surface area contributed by atoms with E-state index in [-0.39, 0.29) is 11.7 Å². The summed E-state index contributed by atoms with van der Waals surface area (Å²) >= 11 is 0. The van der Waals surface area contributed by atoms with Crippen LogP contribution < -0.4 is 21.1 Å². The number of piperidine rings is 1. The van der Waals surface area contributed by atoms with Gasteiger partial charge in [-0.1, -0.05) is 0 Å². The Morgan fingerprint density at radius 2 is 1.94 bits per heavy atom. The van der Waals surface area contributed by atoms with Crippen molar-refractivity contribution >= 4 is 28.5 Å². The van der Waals surface area contributed by atoms with Crippen molar-refractivity contribution in [1.29, 1.82) is 0 Å². The number of fused-ring (bicyclic) bond motifs is 1. The van der Waals surface area contributed by atoms with Gasteiger partial charge in [0.25, 0.3) is 0 Å². The smallest absolute Gasteiger partial charge is 0.222 e. The molecular weight excluding hydrogens is 397 g/mol. The number of benzene rings is 1. The fourth-order valence-electron chi connectivity index (χ4n) is 3.83. The molecule has 0 unspecified atom stereocenters. The first-order chi connectivity index (χ1) is 15.2. The van der Waals surface area contributed by atoms with E-state index < -0.39 is 5.82 Å². The van der Waals surface area contributed by atoms with Gasteiger partial charge in [-0.15, -0.1) is 0 Å². The lowest BCUT2D eigenvalue weighted by molar-refractivity contribution is 0.446. The minimum Gasteiger partial charge on any atom is -0.453 e. The molecule has 1 saturated heterocycles. The van der Waals surface area contributed by atoms with E-state index in [2.05, 4.69) is 30.6 Å². The zero-order valence-corrected chi connectivity index (χ0v) is 16.7. The molecule has 1 aromatic carbocycles. The van der Waals surface area contributed by atoms with Gasteiger partial charge in [0.15, 0.2) is 11.6 Å². The van der Waals surface area contributed by atoms with E-state index in [0.717, 1.165) is 37.0 Å². The number of aromatic amines is 1. The van der Waals surface area contributed by atoms with Gasteiger partial charge in [-0.3, -0.25) is 0 Å². The summed E-state index contributed by atoms with van der Waals surface area (Å²) in [6.45, 7) is 1.91. The first-order valence-electron chi connectivity index (χ1n) is 10.2. The van der Waals surface area contributed by atoms with Gasteiger partial charge in [-0.25, -0.2) is 14.4 Å². The normalized spacial score (nSPS) is 14.6. The fourth-order valence-corrected chi connectivity index (χ4v) is 3.83. The number of ether oxygens (including phenoxy) is 1. The molecule has 0 radical (unpaired) electrons. The molecule has 0 spiro atoms. The van der Waals surface area contributed by atoms with Gasteiger partial charge in [-0.2, -0.15) is 4.98 Å². The van der Waals surface area contributed by atoms with Crippen LogP contribution in [0.25, 0.3) is 11.0 Å². The van der Waals surface area contributed by atoms with Crippen molar-refractivity contribution in [2.45, 2.75) is 18.8 Å². The molecule has 8 nitrogen and oxygen atoms in total. The van der Waals surface area contributed by atoms with Crippen LogP contribution in [-0.4, -0.2) is 33.0 Å². The number of H-pyrrole nitrogens is 1. The molecule has 0 saturated carbocycles. The van der Waals surface area contributed by atoms with Gasteiger partial charge in [0.05, 0.1) is 11.1 Å². The second kappa shape index (κ2) is 8.19. The van der Waals surface area contributed by atoms with E-state index in [1.54, 1.807) is 30.6 Å². The number of aromatic nitrogens is 4. The third-order valence-electron chi connectivity index (χ3n) is 5.37. The van der Waals surface area contributed by atoms with Crippen LogP contribution in [0.1, 0.15) is 24.5 Å². The highest BCUT2D eigenvalue weighted by molar-refractivity contribution is 5.82. The minimum atomic E-state index is -0.494. The average Bonchev–Trinajstić information content (AvgIpc) is 3.26. The van der Waals surface area contributed by atoms with E-state index in [0.29, 0.717) is 28.8 Å². The Morgan fingerprint density at radius 1 is 1.06 bits per heavy atom. The number of hydrogen-bond donors (Lipinski definition) is 4. The number of rotatable bonds is 5. The van der Waals surface area contributed by atoms with Crippen molar-refractivity contribution in [2.24, 2.45) is 0 Å². The van der Waals surface area contributed by atoms with E-state index in [9.17, 15) is 4.39 Å². The first kappa shape index (κ1) is 19.3. The monoisotopic (exact) mass is 419 g/mol. The van der Waals surface area contributed by atoms with Gasteiger partial charge in [0.1, 0.15) is 17.2 Å². The van der Waals surface area contributed by atoms with Crippen molar-refractivity contribution in [1.82, 2.24) is 25.3 Å².